The van der Waals surface area contributed by atoms with Gasteiger partial charge < -0.3 is 10.6 Å². The molecule has 2 rings (SSSR count). The largest absolute Gasteiger partial charge is 0.326 e. The van der Waals surface area contributed by atoms with Crippen LogP contribution in [-0.2, 0) is 16.6 Å². The summed E-state index contributed by atoms with van der Waals surface area (Å²) in [6.07, 6.45) is 0. The molecule has 5 nitrogen and oxygen atoms in total. The van der Waals surface area contributed by atoms with E-state index in [1.54, 1.807) is 10.4 Å². The van der Waals surface area contributed by atoms with Crippen molar-refractivity contribution < 1.29 is 8.42 Å². The number of piperazine rings is 1. The molecule has 0 unspecified atom stereocenters. The Balaban J connectivity index is 2.09. The molecular weight excluding hydrogens is 306 g/mol. The van der Waals surface area contributed by atoms with Crippen molar-refractivity contribution in [1.29, 1.82) is 0 Å². The second kappa shape index (κ2) is 6.75. The first-order valence-electron chi connectivity index (χ1n) is 7.36. The highest BCUT2D eigenvalue weighted by atomic mass is 32.2. The summed E-state index contributed by atoms with van der Waals surface area (Å²) < 4.78 is 27.1. The van der Waals surface area contributed by atoms with Crippen LogP contribution in [0.25, 0.3) is 0 Å². The van der Waals surface area contributed by atoms with Crippen LogP contribution < -0.4 is 5.73 Å². The van der Waals surface area contributed by atoms with Gasteiger partial charge in [-0.25, -0.2) is 8.42 Å². The smallest absolute Gasteiger partial charge is 0.244 e. The first-order valence-corrected chi connectivity index (χ1v) is 9.62. The van der Waals surface area contributed by atoms with Crippen LogP contribution in [0.5, 0.6) is 0 Å². The zero-order chi connectivity index (χ0) is 15.6. The Labute approximate surface area is 131 Å². The van der Waals surface area contributed by atoms with E-state index in [9.17, 15) is 8.42 Å². The van der Waals surface area contributed by atoms with Gasteiger partial charge in [-0.05, 0) is 18.9 Å². The van der Waals surface area contributed by atoms with E-state index in [-0.39, 0.29) is 0 Å². The van der Waals surface area contributed by atoms with Crippen molar-refractivity contribution >= 4 is 21.4 Å². The fourth-order valence-electron chi connectivity index (χ4n) is 2.69. The number of rotatable bonds is 5. The molecule has 2 heterocycles. The lowest BCUT2D eigenvalue weighted by molar-refractivity contribution is 0.172. The van der Waals surface area contributed by atoms with E-state index < -0.39 is 10.0 Å². The molecule has 0 aromatic carbocycles. The van der Waals surface area contributed by atoms with E-state index >= 15 is 0 Å². The van der Waals surface area contributed by atoms with Crippen LogP contribution in [0.4, 0.5) is 0 Å². The summed E-state index contributed by atoms with van der Waals surface area (Å²) in [4.78, 5) is 4.53. The van der Waals surface area contributed by atoms with E-state index in [1.165, 1.54) is 11.3 Å². The minimum absolute atomic E-state index is 0.392. The van der Waals surface area contributed by atoms with Crippen molar-refractivity contribution in [3.63, 3.8) is 0 Å². The Bertz CT molecular complexity index is 573. The Morgan fingerprint density at radius 2 is 1.90 bits per heavy atom. The Kier molecular flexibility index (Phi) is 5.43. The lowest BCUT2D eigenvalue weighted by atomic mass is 10.2. The Morgan fingerprint density at radius 1 is 1.29 bits per heavy atom. The monoisotopic (exact) mass is 331 g/mol. The molecule has 1 aliphatic rings. The molecule has 0 saturated carbocycles. The normalized spacial score (nSPS) is 18.5. The molecule has 0 aliphatic carbocycles. The maximum Gasteiger partial charge on any atom is 0.244 e. The fourth-order valence-corrected chi connectivity index (χ4v) is 5.59. The number of sulfonamides is 1. The molecule has 0 bridgehead atoms. The van der Waals surface area contributed by atoms with E-state index in [2.05, 4.69) is 18.7 Å². The summed E-state index contributed by atoms with van der Waals surface area (Å²) in [5.74, 6) is 0.611. The van der Waals surface area contributed by atoms with Crippen molar-refractivity contribution in [2.45, 2.75) is 32.2 Å². The first kappa shape index (κ1) is 16.9. The van der Waals surface area contributed by atoms with Gasteiger partial charge in [-0.2, -0.15) is 4.31 Å². The number of nitrogens with two attached hydrogens (primary N) is 1. The zero-order valence-corrected chi connectivity index (χ0v) is 14.6. The minimum atomic E-state index is -3.37. The Hall–Kier alpha value is -0.470. The van der Waals surface area contributed by atoms with Crippen molar-refractivity contribution in [2.24, 2.45) is 11.7 Å². The lowest BCUT2D eigenvalue weighted by Crippen LogP contribution is -2.49. The van der Waals surface area contributed by atoms with Crippen molar-refractivity contribution in [2.75, 3.05) is 32.7 Å². The zero-order valence-electron chi connectivity index (χ0n) is 13.0. The lowest BCUT2D eigenvalue weighted by Gasteiger charge is -2.34. The second-order valence-corrected chi connectivity index (χ2v) is 9.18. The molecule has 1 aromatic rings. The predicted molar refractivity (Wildman–Crippen MR) is 87.0 cm³/mol. The average molecular weight is 332 g/mol. The van der Waals surface area contributed by atoms with Gasteiger partial charge in [-0.15, -0.1) is 11.3 Å². The number of aryl methyl sites for hydroxylation is 1. The summed E-state index contributed by atoms with van der Waals surface area (Å²) in [5.41, 5.74) is 5.61. The SMILES string of the molecule is Cc1sc(CN)cc1S(=O)(=O)N1CCN(CC(C)C)CC1. The van der Waals surface area contributed by atoms with E-state index in [0.29, 0.717) is 30.4 Å². The van der Waals surface area contributed by atoms with Gasteiger partial charge in [0.05, 0.1) is 4.90 Å². The molecule has 1 aliphatic heterocycles. The quantitative estimate of drug-likeness (QED) is 0.887. The third-order valence-corrected chi connectivity index (χ3v) is 6.92. The molecule has 2 N–H and O–H groups in total. The number of hydrogen-bond donors (Lipinski definition) is 1. The molecule has 1 saturated heterocycles. The number of nitrogens with zero attached hydrogens (tertiary/aromatic N) is 2. The first-order chi connectivity index (χ1) is 9.84. The van der Waals surface area contributed by atoms with Crippen LogP contribution in [0.3, 0.4) is 0 Å². The summed E-state index contributed by atoms with van der Waals surface area (Å²) in [6, 6.07) is 1.73. The van der Waals surface area contributed by atoms with Crippen LogP contribution in [0, 0.1) is 12.8 Å². The Morgan fingerprint density at radius 3 is 2.38 bits per heavy atom. The second-order valence-electron chi connectivity index (χ2n) is 5.94. The van der Waals surface area contributed by atoms with Crippen molar-refractivity contribution in [1.82, 2.24) is 9.21 Å². The highest BCUT2D eigenvalue weighted by molar-refractivity contribution is 7.89. The molecule has 1 fully saturated rings. The topological polar surface area (TPSA) is 66.6 Å². The standard InChI is InChI=1S/C14H25N3O2S2/c1-11(2)10-16-4-6-17(7-5-16)21(18,19)14-8-13(9-15)20-12(14)3/h8,11H,4-7,9-10,15H2,1-3H3. The van der Waals surface area contributed by atoms with Gasteiger partial charge in [0.2, 0.25) is 10.0 Å². The van der Waals surface area contributed by atoms with Crippen molar-refractivity contribution in [3.05, 3.63) is 15.8 Å². The molecule has 120 valence electrons. The van der Waals surface area contributed by atoms with Gasteiger partial charge >= 0.3 is 0 Å². The van der Waals surface area contributed by atoms with E-state index in [4.69, 9.17) is 5.73 Å². The average Bonchev–Trinajstić information content (AvgIpc) is 2.81. The molecule has 7 heteroatoms. The highest BCUT2D eigenvalue weighted by Crippen LogP contribution is 2.28. The fraction of sp³-hybridized carbons (Fsp3) is 0.714. The van der Waals surface area contributed by atoms with Crippen molar-refractivity contribution in [3.8, 4) is 0 Å². The predicted octanol–water partition coefficient (Wildman–Crippen LogP) is 1.48. The third kappa shape index (κ3) is 3.84. The molecular formula is C14H25N3O2S2. The summed E-state index contributed by atoms with van der Waals surface area (Å²) in [5, 5.41) is 0. The van der Waals surface area contributed by atoms with Crippen LogP contribution >= 0.6 is 11.3 Å². The van der Waals surface area contributed by atoms with Crippen LogP contribution in [-0.4, -0.2) is 50.3 Å². The van der Waals surface area contributed by atoms with E-state index in [0.717, 1.165) is 29.4 Å². The maximum atomic E-state index is 12.7. The summed E-state index contributed by atoms with van der Waals surface area (Å²) in [6.45, 7) is 10.4. The summed E-state index contributed by atoms with van der Waals surface area (Å²) >= 11 is 1.47. The van der Waals surface area contributed by atoms with Gasteiger partial charge in [0.1, 0.15) is 0 Å². The van der Waals surface area contributed by atoms with Crippen LogP contribution in [0.1, 0.15) is 23.6 Å². The molecule has 1 aromatic heterocycles. The number of hydrogen-bond acceptors (Lipinski definition) is 5. The molecule has 21 heavy (non-hydrogen) atoms. The molecule has 0 amide bonds. The summed E-state index contributed by atoms with van der Waals surface area (Å²) in [7, 11) is -3.37. The van der Waals surface area contributed by atoms with Gasteiger partial charge in [0.15, 0.2) is 0 Å². The van der Waals surface area contributed by atoms with Crippen LogP contribution in [0.2, 0.25) is 0 Å². The third-order valence-electron chi connectivity index (χ3n) is 3.70. The van der Waals surface area contributed by atoms with Gasteiger partial charge in [-0.1, -0.05) is 13.8 Å². The number of thiophene rings is 1. The highest BCUT2D eigenvalue weighted by Gasteiger charge is 2.30. The van der Waals surface area contributed by atoms with E-state index in [1.807, 2.05) is 6.92 Å². The molecule has 0 spiro atoms. The van der Waals surface area contributed by atoms with Gasteiger partial charge in [-0.3, -0.25) is 0 Å². The molecule has 0 radical (unpaired) electrons. The molecule has 0 atom stereocenters. The van der Waals surface area contributed by atoms with Gasteiger partial charge in [0, 0.05) is 49.0 Å². The van der Waals surface area contributed by atoms with Crippen LogP contribution in [0.15, 0.2) is 11.0 Å². The van der Waals surface area contributed by atoms with Gasteiger partial charge in [0.25, 0.3) is 0 Å². The maximum absolute atomic E-state index is 12.7. The minimum Gasteiger partial charge on any atom is -0.326 e.